The first-order chi connectivity index (χ1) is 7.11. The van der Waals surface area contributed by atoms with E-state index in [9.17, 15) is 9.59 Å². The fourth-order valence-corrected chi connectivity index (χ4v) is 1.12. The molecule has 5 nitrogen and oxygen atoms in total. The van der Waals surface area contributed by atoms with Crippen LogP contribution >= 0.6 is 0 Å². The van der Waals surface area contributed by atoms with Crippen molar-refractivity contribution in [3.8, 4) is 0 Å². The van der Waals surface area contributed by atoms with Crippen LogP contribution in [0.3, 0.4) is 0 Å². The van der Waals surface area contributed by atoms with Crippen molar-refractivity contribution in [2.24, 2.45) is 5.73 Å². The lowest BCUT2D eigenvalue weighted by atomic mass is 10.1. The first-order valence-corrected chi connectivity index (χ1v) is 5.28. The molecule has 0 rings (SSSR count). The highest BCUT2D eigenvalue weighted by Crippen LogP contribution is 1.99. The van der Waals surface area contributed by atoms with Crippen LogP contribution in [0.2, 0.25) is 0 Å². The highest BCUT2D eigenvalue weighted by atomic mass is 16.5. The molecular formula is C10H20N2O3. The predicted octanol–water partition coefficient (Wildman–Crippen LogP) is 0.183. The number of amides is 2. The van der Waals surface area contributed by atoms with Crippen LogP contribution in [0, 0.1) is 0 Å². The number of hydrogen-bond donors (Lipinski definition) is 2. The van der Waals surface area contributed by atoms with Gasteiger partial charge in [0.05, 0.1) is 0 Å². The fraction of sp³-hybridized carbons (Fsp3) is 0.800. The van der Waals surface area contributed by atoms with E-state index in [1.54, 1.807) is 6.92 Å². The second kappa shape index (κ2) is 8.23. The molecule has 0 heterocycles. The number of primary amides is 1. The van der Waals surface area contributed by atoms with E-state index in [0.29, 0.717) is 13.0 Å². The Morgan fingerprint density at radius 2 is 2.07 bits per heavy atom. The van der Waals surface area contributed by atoms with E-state index in [0.717, 1.165) is 12.8 Å². The predicted molar refractivity (Wildman–Crippen MR) is 57.1 cm³/mol. The number of hydrogen-bond acceptors (Lipinski definition) is 3. The smallest absolute Gasteiger partial charge is 0.246 e. The number of nitrogens with one attached hydrogen (secondary N) is 1. The third-order valence-corrected chi connectivity index (χ3v) is 1.96. The third kappa shape index (κ3) is 6.90. The number of rotatable bonds is 8. The average Bonchev–Trinajstić information content (AvgIpc) is 2.20. The molecule has 0 aliphatic heterocycles. The van der Waals surface area contributed by atoms with E-state index in [-0.39, 0.29) is 12.5 Å². The summed E-state index contributed by atoms with van der Waals surface area (Å²) in [7, 11) is 0. The number of carbonyl (C=O) groups excluding carboxylic acids is 2. The molecule has 1 atom stereocenters. The topological polar surface area (TPSA) is 81.4 Å². The van der Waals surface area contributed by atoms with E-state index in [4.69, 9.17) is 10.5 Å². The molecule has 3 N–H and O–H groups in total. The van der Waals surface area contributed by atoms with Crippen molar-refractivity contribution in [2.45, 2.75) is 39.2 Å². The summed E-state index contributed by atoms with van der Waals surface area (Å²) in [5.74, 6) is -0.787. The van der Waals surface area contributed by atoms with Gasteiger partial charge in [0.1, 0.15) is 12.6 Å². The molecular weight excluding hydrogens is 196 g/mol. The largest absolute Gasteiger partial charge is 0.372 e. The van der Waals surface area contributed by atoms with Crippen LogP contribution in [0.15, 0.2) is 0 Å². The molecule has 0 fully saturated rings. The van der Waals surface area contributed by atoms with Gasteiger partial charge in [0.25, 0.3) is 0 Å². The molecule has 0 unspecified atom stereocenters. The van der Waals surface area contributed by atoms with Crippen LogP contribution < -0.4 is 11.1 Å². The maximum absolute atomic E-state index is 11.2. The number of carbonyl (C=O) groups is 2. The van der Waals surface area contributed by atoms with Gasteiger partial charge >= 0.3 is 0 Å². The van der Waals surface area contributed by atoms with E-state index in [2.05, 4.69) is 5.32 Å². The van der Waals surface area contributed by atoms with Crippen LogP contribution in [0.5, 0.6) is 0 Å². The molecule has 0 aromatic heterocycles. The second-order valence-corrected chi connectivity index (χ2v) is 3.30. The highest BCUT2D eigenvalue weighted by molar-refractivity contribution is 5.86. The Hall–Kier alpha value is -1.10. The van der Waals surface area contributed by atoms with Crippen molar-refractivity contribution in [1.82, 2.24) is 5.32 Å². The van der Waals surface area contributed by atoms with Gasteiger partial charge in [-0.15, -0.1) is 0 Å². The zero-order chi connectivity index (χ0) is 11.7. The maximum atomic E-state index is 11.2. The summed E-state index contributed by atoms with van der Waals surface area (Å²) >= 11 is 0. The SMILES string of the molecule is CCCC[C@@H](NC(=O)COCC)C(N)=O. The Morgan fingerprint density at radius 3 is 2.53 bits per heavy atom. The van der Waals surface area contributed by atoms with Crippen molar-refractivity contribution in [3.05, 3.63) is 0 Å². The van der Waals surface area contributed by atoms with E-state index in [1.165, 1.54) is 0 Å². The lowest BCUT2D eigenvalue weighted by Gasteiger charge is -2.14. The zero-order valence-corrected chi connectivity index (χ0v) is 9.41. The lowest BCUT2D eigenvalue weighted by Crippen LogP contribution is -2.45. The molecule has 15 heavy (non-hydrogen) atoms. The maximum Gasteiger partial charge on any atom is 0.246 e. The summed E-state index contributed by atoms with van der Waals surface area (Å²) < 4.78 is 4.92. The molecule has 0 aromatic rings. The Kier molecular flexibility index (Phi) is 7.62. The lowest BCUT2D eigenvalue weighted by molar-refractivity contribution is -0.130. The van der Waals surface area contributed by atoms with Gasteiger partial charge in [-0.25, -0.2) is 0 Å². The standard InChI is InChI=1S/C10H20N2O3/c1-3-5-6-8(10(11)14)12-9(13)7-15-4-2/h8H,3-7H2,1-2H3,(H2,11,14)(H,12,13)/t8-/m1/s1. The Balaban J connectivity index is 3.93. The molecule has 0 spiro atoms. The average molecular weight is 216 g/mol. The molecule has 2 amide bonds. The third-order valence-electron chi connectivity index (χ3n) is 1.96. The Morgan fingerprint density at radius 1 is 1.40 bits per heavy atom. The van der Waals surface area contributed by atoms with Gasteiger partial charge in [0.15, 0.2) is 0 Å². The van der Waals surface area contributed by atoms with Crippen molar-refractivity contribution in [2.75, 3.05) is 13.2 Å². The highest BCUT2D eigenvalue weighted by Gasteiger charge is 2.16. The van der Waals surface area contributed by atoms with Gasteiger partial charge < -0.3 is 15.8 Å². The fourth-order valence-electron chi connectivity index (χ4n) is 1.12. The van der Waals surface area contributed by atoms with Crippen LogP contribution in [0.4, 0.5) is 0 Å². The van der Waals surface area contributed by atoms with Crippen LogP contribution in [-0.4, -0.2) is 31.1 Å². The monoisotopic (exact) mass is 216 g/mol. The van der Waals surface area contributed by atoms with E-state index in [1.807, 2.05) is 6.92 Å². The van der Waals surface area contributed by atoms with Crippen LogP contribution in [0.1, 0.15) is 33.1 Å². The van der Waals surface area contributed by atoms with Gasteiger partial charge in [-0.3, -0.25) is 9.59 Å². The number of unbranched alkanes of at least 4 members (excludes halogenated alkanes) is 1. The normalized spacial score (nSPS) is 12.1. The zero-order valence-electron chi connectivity index (χ0n) is 9.41. The summed E-state index contributed by atoms with van der Waals surface area (Å²) in [6.07, 6.45) is 2.41. The summed E-state index contributed by atoms with van der Waals surface area (Å²) in [5, 5.41) is 2.55. The van der Waals surface area contributed by atoms with Gasteiger partial charge in [-0.2, -0.15) is 0 Å². The molecule has 0 aromatic carbocycles. The number of ether oxygens (including phenoxy) is 1. The second-order valence-electron chi connectivity index (χ2n) is 3.30. The Bertz CT molecular complexity index is 207. The van der Waals surface area contributed by atoms with Crippen molar-refractivity contribution >= 4 is 11.8 Å². The van der Waals surface area contributed by atoms with Gasteiger partial charge in [0.2, 0.25) is 11.8 Å². The first-order valence-electron chi connectivity index (χ1n) is 5.28. The van der Waals surface area contributed by atoms with Crippen molar-refractivity contribution in [3.63, 3.8) is 0 Å². The summed E-state index contributed by atoms with van der Waals surface area (Å²) in [4.78, 5) is 22.2. The molecule has 0 aliphatic carbocycles. The molecule has 5 heteroatoms. The molecule has 0 radical (unpaired) electrons. The minimum absolute atomic E-state index is 0.0214. The summed E-state index contributed by atoms with van der Waals surface area (Å²) in [5.41, 5.74) is 5.16. The minimum Gasteiger partial charge on any atom is -0.372 e. The molecule has 88 valence electrons. The minimum atomic E-state index is -0.571. The van der Waals surface area contributed by atoms with Gasteiger partial charge in [-0.1, -0.05) is 19.8 Å². The molecule has 0 bridgehead atoms. The number of nitrogens with two attached hydrogens (primary N) is 1. The van der Waals surface area contributed by atoms with Gasteiger partial charge in [-0.05, 0) is 13.3 Å². The molecule has 0 saturated carbocycles. The summed E-state index contributed by atoms with van der Waals surface area (Å²) in [6, 6.07) is -0.571. The first kappa shape index (κ1) is 13.9. The van der Waals surface area contributed by atoms with Gasteiger partial charge in [0, 0.05) is 6.61 Å². The van der Waals surface area contributed by atoms with Crippen LogP contribution in [0.25, 0.3) is 0 Å². The van der Waals surface area contributed by atoms with E-state index >= 15 is 0 Å². The Labute approximate surface area is 90.4 Å². The van der Waals surface area contributed by atoms with Crippen molar-refractivity contribution < 1.29 is 14.3 Å². The molecule has 0 aliphatic rings. The van der Waals surface area contributed by atoms with E-state index < -0.39 is 11.9 Å². The van der Waals surface area contributed by atoms with Crippen LogP contribution in [-0.2, 0) is 14.3 Å². The van der Waals surface area contributed by atoms with Crippen molar-refractivity contribution in [1.29, 1.82) is 0 Å². The summed E-state index contributed by atoms with van der Waals surface area (Å²) in [6.45, 7) is 4.27. The quantitative estimate of drug-likeness (QED) is 0.607. The molecule has 0 saturated heterocycles.